The minimum Gasteiger partial charge on any atom is -0.441 e. The first-order valence-corrected chi connectivity index (χ1v) is 11.3. The van der Waals surface area contributed by atoms with Gasteiger partial charge in [-0.2, -0.15) is 10.4 Å². The van der Waals surface area contributed by atoms with Crippen molar-refractivity contribution < 1.29 is 23.4 Å². The van der Waals surface area contributed by atoms with E-state index in [0.717, 1.165) is 19.3 Å². The van der Waals surface area contributed by atoms with E-state index in [1.807, 2.05) is 0 Å². The van der Waals surface area contributed by atoms with Crippen molar-refractivity contribution in [2.24, 2.45) is 5.92 Å². The summed E-state index contributed by atoms with van der Waals surface area (Å²) in [6.07, 6.45) is 1.93. The molecule has 3 saturated carbocycles. The molecule has 0 radical (unpaired) electrons. The Morgan fingerprint density at radius 3 is 3.00 bits per heavy atom. The number of anilines is 2. The minimum absolute atomic E-state index is 0.0498. The van der Waals surface area contributed by atoms with Crippen molar-refractivity contribution in [3.8, 4) is 6.07 Å². The number of carbonyl (C=O) groups excluding carboxylic acids is 1. The minimum atomic E-state index is -1.55. The molecule has 182 valence electrons. The van der Waals surface area contributed by atoms with E-state index in [1.165, 1.54) is 6.20 Å². The molecule has 3 aromatic heterocycles. The Labute approximate surface area is 198 Å². The van der Waals surface area contributed by atoms with Gasteiger partial charge >= 0.3 is 6.09 Å². The monoisotopic (exact) mass is 482 g/mol. The number of imidazole rings is 1. The highest BCUT2D eigenvalue weighted by Crippen LogP contribution is 2.57. The van der Waals surface area contributed by atoms with Crippen LogP contribution in [0.15, 0.2) is 18.5 Å². The average molecular weight is 482 g/mol. The number of nitrogens with one attached hydrogen (secondary N) is 3. The molecule has 12 nitrogen and oxygen atoms in total. The number of fused-ring (bicyclic) bond motifs is 1. The number of amides is 1. The normalized spacial score (nSPS) is 28.7. The quantitative estimate of drug-likeness (QED) is 0.460. The first kappa shape index (κ1) is 21.8. The van der Waals surface area contributed by atoms with E-state index in [4.69, 9.17) is 14.2 Å². The van der Waals surface area contributed by atoms with E-state index in [9.17, 15) is 10.1 Å². The van der Waals surface area contributed by atoms with Crippen molar-refractivity contribution in [1.29, 1.82) is 5.26 Å². The number of aromatic nitrogens is 5. The first-order valence-electron chi connectivity index (χ1n) is 11.3. The average Bonchev–Trinajstić information content (AvgIpc) is 3.50. The van der Waals surface area contributed by atoms with Gasteiger partial charge in [-0.05, 0) is 25.2 Å². The second kappa shape index (κ2) is 8.17. The SMILES string of the molecule is COCc1cn2c(Nc3cc([C@H]4OC[C@@H](OC(=O)NC56CC(C5)C6)[C@H]4F)[nH]n3)ncc(C#N)c2n1. The molecule has 35 heavy (non-hydrogen) atoms. The molecule has 0 aromatic carbocycles. The van der Waals surface area contributed by atoms with Crippen molar-refractivity contribution in [2.75, 3.05) is 19.0 Å². The van der Waals surface area contributed by atoms with E-state index < -0.39 is 24.5 Å². The summed E-state index contributed by atoms with van der Waals surface area (Å²) in [4.78, 5) is 20.9. The molecule has 3 aromatic rings. The van der Waals surface area contributed by atoms with Gasteiger partial charge in [0.05, 0.1) is 30.8 Å². The Morgan fingerprint density at radius 2 is 2.29 bits per heavy atom. The second-order valence-corrected chi connectivity index (χ2v) is 9.33. The van der Waals surface area contributed by atoms with Crippen molar-refractivity contribution in [3.63, 3.8) is 0 Å². The molecule has 1 saturated heterocycles. The molecule has 1 aliphatic heterocycles. The number of aromatic amines is 1. The molecule has 1 amide bonds. The molecule has 3 atom stereocenters. The van der Waals surface area contributed by atoms with Crippen LogP contribution in [0.1, 0.15) is 42.3 Å². The van der Waals surface area contributed by atoms with Gasteiger partial charge in [0, 0.05) is 24.9 Å². The lowest BCUT2D eigenvalue weighted by Crippen LogP contribution is -2.68. The summed E-state index contributed by atoms with van der Waals surface area (Å²) in [6.45, 7) is 0.226. The Morgan fingerprint density at radius 1 is 1.46 bits per heavy atom. The lowest BCUT2D eigenvalue weighted by Gasteiger charge is -2.61. The van der Waals surface area contributed by atoms with Gasteiger partial charge in [0.15, 0.2) is 23.7 Å². The van der Waals surface area contributed by atoms with E-state index in [0.29, 0.717) is 40.3 Å². The standard InChI is InChI=1S/C22H23FN8O4/c1-33-9-13-8-31-19(26-13)12(6-24)7-25-20(31)27-16-2-14(29-30-16)18-17(23)15(10-34-18)35-21(32)28-22-3-11(4-22)5-22/h2,7-8,11,15,17-18H,3-5,9-10H2,1H3,(H,28,32)(H2,25,27,29,30)/t11?,15-,17-,18-,22?/m1/s1. The van der Waals surface area contributed by atoms with E-state index in [2.05, 4.69) is 36.9 Å². The van der Waals surface area contributed by atoms with Crippen molar-refractivity contribution in [3.05, 3.63) is 35.4 Å². The number of halogens is 1. The summed E-state index contributed by atoms with van der Waals surface area (Å²) in [5.41, 5.74) is 1.62. The van der Waals surface area contributed by atoms with Gasteiger partial charge in [-0.15, -0.1) is 0 Å². The van der Waals surface area contributed by atoms with E-state index in [-0.39, 0.29) is 18.8 Å². The molecular weight excluding hydrogens is 459 g/mol. The van der Waals surface area contributed by atoms with E-state index in [1.54, 1.807) is 23.8 Å². The number of rotatable bonds is 7. The van der Waals surface area contributed by atoms with Crippen LogP contribution >= 0.6 is 0 Å². The number of hydrogen-bond acceptors (Lipinski definition) is 9. The van der Waals surface area contributed by atoms with Gasteiger partial charge in [0.2, 0.25) is 5.95 Å². The smallest absolute Gasteiger partial charge is 0.408 e. The number of H-pyrrole nitrogens is 1. The molecule has 4 fully saturated rings. The summed E-state index contributed by atoms with van der Waals surface area (Å²) in [6, 6.07) is 3.66. The molecule has 0 unspecified atom stereocenters. The second-order valence-electron chi connectivity index (χ2n) is 9.33. The zero-order chi connectivity index (χ0) is 24.2. The Balaban J connectivity index is 1.13. The molecule has 7 rings (SSSR count). The van der Waals surface area contributed by atoms with Crippen LogP contribution in [0.5, 0.6) is 0 Å². The molecule has 4 aliphatic rings. The van der Waals surface area contributed by atoms with Gasteiger partial charge in [0.25, 0.3) is 0 Å². The van der Waals surface area contributed by atoms with Crippen LogP contribution in [0.25, 0.3) is 5.65 Å². The van der Waals surface area contributed by atoms with Gasteiger partial charge in [-0.3, -0.25) is 9.50 Å². The molecule has 0 spiro atoms. The fraction of sp³-hybridized carbons (Fsp3) is 0.500. The summed E-state index contributed by atoms with van der Waals surface area (Å²) in [7, 11) is 1.56. The number of nitriles is 1. The summed E-state index contributed by atoms with van der Waals surface area (Å²) >= 11 is 0. The highest BCUT2D eigenvalue weighted by molar-refractivity contribution is 5.69. The molecular formula is C22H23FN8O4. The topological polar surface area (TPSA) is 151 Å². The zero-order valence-corrected chi connectivity index (χ0v) is 18.8. The van der Waals surface area contributed by atoms with Crippen LogP contribution in [-0.4, -0.2) is 62.2 Å². The molecule has 3 N–H and O–H groups in total. The fourth-order valence-corrected chi connectivity index (χ4v) is 5.03. The Bertz CT molecular complexity index is 1320. The van der Waals surface area contributed by atoms with Crippen LogP contribution in [0.2, 0.25) is 0 Å². The van der Waals surface area contributed by atoms with Gasteiger partial charge in [0.1, 0.15) is 17.7 Å². The number of alkyl carbamates (subject to hydrolysis) is 1. The molecule has 13 heteroatoms. The molecule has 4 heterocycles. The first-order chi connectivity index (χ1) is 17.0. The van der Waals surface area contributed by atoms with Crippen LogP contribution in [0.3, 0.4) is 0 Å². The number of hydrogen-bond donors (Lipinski definition) is 3. The van der Waals surface area contributed by atoms with Crippen LogP contribution in [0.4, 0.5) is 21.0 Å². The maximum Gasteiger partial charge on any atom is 0.408 e. The van der Waals surface area contributed by atoms with Crippen molar-refractivity contribution in [1.82, 2.24) is 29.9 Å². The van der Waals surface area contributed by atoms with E-state index >= 15 is 4.39 Å². The molecule has 2 bridgehead atoms. The fourth-order valence-electron chi connectivity index (χ4n) is 5.03. The maximum absolute atomic E-state index is 15.1. The van der Waals surface area contributed by atoms with Gasteiger partial charge in [-0.1, -0.05) is 0 Å². The number of ether oxygens (including phenoxy) is 3. The van der Waals surface area contributed by atoms with Crippen molar-refractivity contribution >= 4 is 23.5 Å². The van der Waals surface area contributed by atoms with Crippen LogP contribution < -0.4 is 10.6 Å². The Hall–Kier alpha value is -3.76. The third kappa shape index (κ3) is 3.75. The predicted octanol–water partition coefficient (Wildman–Crippen LogP) is 2.27. The third-order valence-corrected chi connectivity index (χ3v) is 6.85. The van der Waals surface area contributed by atoms with Gasteiger partial charge in [-0.25, -0.2) is 19.2 Å². The summed E-state index contributed by atoms with van der Waals surface area (Å²) < 4.78 is 32.7. The summed E-state index contributed by atoms with van der Waals surface area (Å²) in [5, 5.41) is 22.2. The number of nitrogens with zero attached hydrogens (tertiary/aromatic N) is 5. The number of carbonyl (C=O) groups is 1. The van der Waals surface area contributed by atoms with Crippen molar-refractivity contribution in [2.45, 2.75) is 49.8 Å². The lowest BCUT2D eigenvalue weighted by molar-refractivity contribution is -0.0528. The highest BCUT2D eigenvalue weighted by Gasteiger charge is 2.58. The van der Waals surface area contributed by atoms with Crippen LogP contribution in [-0.2, 0) is 20.8 Å². The zero-order valence-electron chi connectivity index (χ0n) is 18.8. The molecule has 3 aliphatic carbocycles. The Kier molecular flexibility index (Phi) is 5.08. The number of methoxy groups -OCH3 is 1. The largest absolute Gasteiger partial charge is 0.441 e. The van der Waals surface area contributed by atoms with Crippen LogP contribution in [0, 0.1) is 17.2 Å². The lowest BCUT2D eigenvalue weighted by atomic mass is 9.50. The third-order valence-electron chi connectivity index (χ3n) is 6.85. The highest BCUT2D eigenvalue weighted by atomic mass is 19.1. The maximum atomic E-state index is 15.1. The number of alkyl halides is 1. The van der Waals surface area contributed by atoms with Gasteiger partial charge < -0.3 is 24.8 Å². The predicted molar refractivity (Wildman–Crippen MR) is 117 cm³/mol. The summed E-state index contributed by atoms with van der Waals surface area (Å²) in [5.74, 6) is 1.44.